The van der Waals surface area contributed by atoms with E-state index in [9.17, 15) is 0 Å². The lowest BCUT2D eigenvalue weighted by Crippen LogP contribution is -2.28. The maximum absolute atomic E-state index is 6.18. The van der Waals surface area contributed by atoms with Gasteiger partial charge in [-0.3, -0.25) is 0 Å². The van der Waals surface area contributed by atoms with Crippen LogP contribution in [0.3, 0.4) is 0 Å². The second-order valence-corrected chi connectivity index (χ2v) is 6.99. The summed E-state index contributed by atoms with van der Waals surface area (Å²) >= 11 is 12.2. The summed E-state index contributed by atoms with van der Waals surface area (Å²) in [6, 6.07) is 5.88. The summed E-state index contributed by atoms with van der Waals surface area (Å²) in [5.41, 5.74) is 3.46. The Kier molecular flexibility index (Phi) is 3.67. The van der Waals surface area contributed by atoms with E-state index in [1.54, 1.807) is 0 Å². The van der Waals surface area contributed by atoms with Crippen molar-refractivity contribution in [3.63, 3.8) is 0 Å². The molecule has 0 amide bonds. The summed E-state index contributed by atoms with van der Waals surface area (Å²) in [5.74, 6) is 1.24. The molecule has 1 aliphatic heterocycles. The quantitative estimate of drug-likeness (QED) is 0.612. The maximum atomic E-state index is 6.18. The van der Waals surface area contributed by atoms with Crippen LogP contribution in [0.1, 0.15) is 38.7 Å². The van der Waals surface area contributed by atoms with E-state index in [0.717, 1.165) is 12.2 Å². The smallest absolute Gasteiger partial charge is 0.124 e. The summed E-state index contributed by atoms with van der Waals surface area (Å²) < 4.78 is 6.11. The molecule has 0 spiro atoms. The van der Waals surface area contributed by atoms with Gasteiger partial charge in [0, 0.05) is 11.5 Å². The molecule has 0 radical (unpaired) electrons. The van der Waals surface area contributed by atoms with Crippen LogP contribution in [0.15, 0.2) is 53.3 Å². The molecule has 0 saturated carbocycles. The van der Waals surface area contributed by atoms with Gasteiger partial charge in [0.25, 0.3) is 0 Å². The highest BCUT2D eigenvalue weighted by molar-refractivity contribution is 6.42. The SMILES string of the molecule is CC1=CC(C)(C)OC2=C1[C@@H](c1ccc(Cl)c(Cl)c1)CC=C2. The van der Waals surface area contributed by atoms with E-state index in [1.807, 2.05) is 12.1 Å². The van der Waals surface area contributed by atoms with E-state index in [-0.39, 0.29) is 11.5 Å². The topological polar surface area (TPSA) is 9.23 Å². The van der Waals surface area contributed by atoms with Crippen LogP contribution >= 0.6 is 23.2 Å². The fourth-order valence-electron chi connectivity index (χ4n) is 3.19. The Balaban J connectivity index is 2.05. The molecule has 1 atom stereocenters. The number of benzene rings is 1. The molecule has 0 unspecified atom stereocenters. The van der Waals surface area contributed by atoms with Crippen molar-refractivity contribution in [1.29, 1.82) is 0 Å². The van der Waals surface area contributed by atoms with E-state index in [0.29, 0.717) is 10.0 Å². The molecule has 0 saturated heterocycles. The first kappa shape index (κ1) is 14.7. The number of allylic oxidation sites excluding steroid dienone is 4. The third-order valence-electron chi connectivity index (χ3n) is 3.96. The van der Waals surface area contributed by atoms with E-state index in [1.165, 1.54) is 16.7 Å². The first-order chi connectivity index (χ1) is 9.87. The van der Waals surface area contributed by atoms with Crippen molar-refractivity contribution < 1.29 is 4.74 Å². The molecule has 21 heavy (non-hydrogen) atoms. The Morgan fingerprint density at radius 3 is 2.67 bits per heavy atom. The zero-order valence-corrected chi connectivity index (χ0v) is 13.9. The summed E-state index contributed by atoms with van der Waals surface area (Å²) in [7, 11) is 0. The summed E-state index contributed by atoms with van der Waals surface area (Å²) in [6.45, 7) is 6.32. The van der Waals surface area contributed by atoms with Crippen molar-refractivity contribution in [2.24, 2.45) is 0 Å². The third-order valence-corrected chi connectivity index (χ3v) is 4.70. The monoisotopic (exact) mass is 320 g/mol. The minimum Gasteiger partial charge on any atom is -0.483 e. The summed E-state index contributed by atoms with van der Waals surface area (Å²) in [6.07, 6.45) is 7.39. The first-order valence-corrected chi connectivity index (χ1v) is 7.87. The van der Waals surface area contributed by atoms with Crippen molar-refractivity contribution in [3.8, 4) is 0 Å². The number of halogens is 2. The second kappa shape index (κ2) is 5.23. The lowest BCUT2D eigenvalue weighted by atomic mass is 9.79. The molecule has 1 aliphatic carbocycles. The van der Waals surface area contributed by atoms with Crippen molar-refractivity contribution in [2.75, 3.05) is 0 Å². The molecule has 0 aromatic heterocycles. The van der Waals surface area contributed by atoms with Gasteiger partial charge in [0.15, 0.2) is 0 Å². The maximum Gasteiger partial charge on any atom is 0.124 e. The molecule has 3 rings (SSSR count). The number of hydrogen-bond donors (Lipinski definition) is 0. The van der Waals surface area contributed by atoms with Crippen LogP contribution in [0.2, 0.25) is 10.0 Å². The third kappa shape index (κ3) is 2.77. The van der Waals surface area contributed by atoms with Gasteiger partial charge in [-0.1, -0.05) is 35.3 Å². The van der Waals surface area contributed by atoms with Crippen LogP contribution in [0.5, 0.6) is 0 Å². The van der Waals surface area contributed by atoms with Crippen molar-refractivity contribution in [3.05, 3.63) is 68.9 Å². The average molecular weight is 321 g/mol. The van der Waals surface area contributed by atoms with Gasteiger partial charge in [-0.25, -0.2) is 0 Å². The number of ether oxygens (including phenoxy) is 1. The van der Waals surface area contributed by atoms with Crippen LogP contribution in [-0.2, 0) is 4.74 Å². The predicted octanol–water partition coefficient (Wildman–Crippen LogP) is 6.05. The fourth-order valence-corrected chi connectivity index (χ4v) is 3.50. The Morgan fingerprint density at radius 1 is 1.19 bits per heavy atom. The fraction of sp³-hybridized carbons (Fsp3) is 0.333. The molecule has 1 nitrogen and oxygen atoms in total. The first-order valence-electron chi connectivity index (χ1n) is 7.12. The van der Waals surface area contributed by atoms with Crippen LogP contribution in [0, 0.1) is 0 Å². The molecular formula is C18H18Cl2O. The minimum absolute atomic E-state index is 0.257. The molecule has 0 bridgehead atoms. The minimum atomic E-state index is -0.257. The van der Waals surface area contributed by atoms with Gasteiger partial charge in [0.2, 0.25) is 0 Å². The number of rotatable bonds is 1. The van der Waals surface area contributed by atoms with Gasteiger partial charge in [0.1, 0.15) is 11.4 Å². The van der Waals surface area contributed by atoms with Gasteiger partial charge in [-0.2, -0.15) is 0 Å². The van der Waals surface area contributed by atoms with Gasteiger partial charge in [-0.05, 0) is 62.6 Å². The standard InChI is InChI=1S/C18H18Cl2O/c1-11-10-18(2,3)21-16-6-4-5-13(17(11)16)12-7-8-14(19)15(20)9-12/h4,6-10,13H,5H2,1-3H3/t13-/m1/s1. The normalized spacial score (nSPS) is 23.5. The summed E-state index contributed by atoms with van der Waals surface area (Å²) in [4.78, 5) is 0. The van der Waals surface area contributed by atoms with E-state index in [2.05, 4.69) is 45.1 Å². The highest BCUT2D eigenvalue weighted by Crippen LogP contribution is 2.44. The molecule has 110 valence electrons. The van der Waals surface area contributed by atoms with Crippen molar-refractivity contribution in [1.82, 2.24) is 0 Å². The molecule has 3 heteroatoms. The van der Waals surface area contributed by atoms with Crippen LogP contribution in [0.25, 0.3) is 0 Å². The van der Waals surface area contributed by atoms with Crippen LogP contribution in [0.4, 0.5) is 0 Å². The number of hydrogen-bond acceptors (Lipinski definition) is 1. The van der Waals surface area contributed by atoms with Gasteiger partial charge in [0.05, 0.1) is 10.0 Å². The Morgan fingerprint density at radius 2 is 1.95 bits per heavy atom. The van der Waals surface area contributed by atoms with Crippen molar-refractivity contribution in [2.45, 2.75) is 38.7 Å². The van der Waals surface area contributed by atoms with Gasteiger partial charge >= 0.3 is 0 Å². The van der Waals surface area contributed by atoms with Gasteiger partial charge < -0.3 is 4.74 Å². The van der Waals surface area contributed by atoms with E-state index >= 15 is 0 Å². The highest BCUT2D eigenvalue weighted by atomic mass is 35.5. The lowest BCUT2D eigenvalue weighted by Gasteiger charge is -2.36. The molecule has 1 heterocycles. The zero-order valence-electron chi connectivity index (χ0n) is 12.4. The average Bonchev–Trinajstić information content (AvgIpc) is 2.39. The molecule has 1 aromatic rings. The Hall–Kier alpha value is -1.18. The lowest BCUT2D eigenvalue weighted by molar-refractivity contribution is 0.0777. The largest absolute Gasteiger partial charge is 0.483 e. The second-order valence-electron chi connectivity index (χ2n) is 6.17. The summed E-state index contributed by atoms with van der Waals surface area (Å²) in [5, 5.41) is 1.19. The Bertz CT molecular complexity index is 680. The highest BCUT2D eigenvalue weighted by Gasteiger charge is 2.32. The molecule has 0 N–H and O–H groups in total. The van der Waals surface area contributed by atoms with E-state index in [4.69, 9.17) is 27.9 Å². The molecular weight excluding hydrogens is 303 g/mol. The molecule has 1 aromatic carbocycles. The van der Waals surface area contributed by atoms with Crippen molar-refractivity contribution >= 4 is 23.2 Å². The molecule has 2 aliphatic rings. The van der Waals surface area contributed by atoms with Crippen LogP contribution < -0.4 is 0 Å². The van der Waals surface area contributed by atoms with Crippen LogP contribution in [-0.4, -0.2) is 5.60 Å². The van der Waals surface area contributed by atoms with E-state index < -0.39 is 0 Å². The molecule has 0 fully saturated rings. The van der Waals surface area contributed by atoms with Gasteiger partial charge in [-0.15, -0.1) is 0 Å². The zero-order chi connectivity index (χ0) is 15.2. The Labute approximate surface area is 135 Å². The predicted molar refractivity (Wildman–Crippen MR) is 88.9 cm³/mol.